The fraction of sp³-hybridized carbons (Fsp3) is 0.111. The normalized spacial score (nSPS) is 10.5. The molecular formula is C18H17Cl2N5O. The third-order valence-electron chi connectivity index (χ3n) is 3.54. The zero-order chi connectivity index (χ0) is 17.6. The van der Waals surface area contributed by atoms with Gasteiger partial charge in [0.05, 0.1) is 23.2 Å². The van der Waals surface area contributed by atoms with Gasteiger partial charge in [-0.15, -0.1) is 0 Å². The summed E-state index contributed by atoms with van der Waals surface area (Å²) in [5.74, 6) is -0.225. The Morgan fingerprint density at radius 1 is 1.23 bits per heavy atom. The molecule has 1 amide bonds. The van der Waals surface area contributed by atoms with Gasteiger partial charge in [0.25, 0.3) is 0 Å². The number of aryl methyl sites for hydroxylation is 1. The van der Waals surface area contributed by atoms with E-state index in [1.54, 1.807) is 9.25 Å². The Labute approximate surface area is 162 Å². The van der Waals surface area contributed by atoms with Gasteiger partial charge in [-0.1, -0.05) is 35.9 Å². The summed E-state index contributed by atoms with van der Waals surface area (Å²) >= 11 is 6.40. The number of pyridine rings is 1. The number of hydrogen-bond acceptors (Lipinski definition) is 3. The second kappa shape index (κ2) is 9.12. The fourth-order valence-electron chi connectivity index (χ4n) is 2.31. The lowest BCUT2D eigenvalue weighted by Crippen LogP contribution is -3.00. The Kier molecular flexibility index (Phi) is 6.89. The first-order valence-corrected chi connectivity index (χ1v) is 8.09. The van der Waals surface area contributed by atoms with Crippen LogP contribution in [0.15, 0.2) is 66.0 Å². The van der Waals surface area contributed by atoms with Crippen molar-refractivity contribution < 1.29 is 21.8 Å². The van der Waals surface area contributed by atoms with Crippen LogP contribution in [0.1, 0.15) is 11.3 Å². The number of para-hydroxylation sites is 1. The molecule has 134 valence electrons. The van der Waals surface area contributed by atoms with E-state index in [1.165, 1.54) is 6.21 Å². The van der Waals surface area contributed by atoms with Crippen LogP contribution in [0.4, 0.5) is 0 Å². The van der Waals surface area contributed by atoms with E-state index in [1.807, 2.05) is 67.8 Å². The highest BCUT2D eigenvalue weighted by Gasteiger charge is 2.13. The molecule has 6 nitrogen and oxygen atoms in total. The quantitative estimate of drug-likeness (QED) is 0.355. The van der Waals surface area contributed by atoms with E-state index in [0.29, 0.717) is 10.7 Å². The molecule has 0 spiro atoms. The van der Waals surface area contributed by atoms with Gasteiger partial charge in [-0.25, -0.2) is 10.1 Å². The van der Waals surface area contributed by atoms with E-state index in [9.17, 15) is 4.79 Å². The number of amides is 1. The first-order chi connectivity index (χ1) is 12.1. The van der Waals surface area contributed by atoms with Crippen LogP contribution in [0.3, 0.4) is 0 Å². The molecule has 0 saturated heterocycles. The summed E-state index contributed by atoms with van der Waals surface area (Å²) in [6.07, 6.45) is 5.14. The third-order valence-corrected chi connectivity index (χ3v) is 3.90. The van der Waals surface area contributed by atoms with E-state index in [2.05, 4.69) is 15.6 Å². The minimum absolute atomic E-state index is 0. The Morgan fingerprint density at radius 3 is 2.58 bits per heavy atom. The molecule has 26 heavy (non-hydrogen) atoms. The molecule has 0 aliphatic heterocycles. The van der Waals surface area contributed by atoms with E-state index in [0.717, 1.165) is 11.4 Å². The lowest BCUT2D eigenvalue weighted by molar-refractivity contribution is -0.684. The van der Waals surface area contributed by atoms with E-state index in [-0.39, 0.29) is 24.9 Å². The lowest BCUT2D eigenvalue weighted by atomic mass is 10.3. The van der Waals surface area contributed by atoms with Crippen molar-refractivity contribution in [2.75, 3.05) is 0 Å². The smallest absolute Gasteiger partial charge is 0.305 e. The largest absolute Gasteiger partial charge is 1.00 e. The maximum Gasteiger partial charge on any atom is 0.305 e. The number of benzene rings is 1. The van der Waals surface area contributed by atoms with Gasteiger partial charge in [0.1, 0.15) is 5.15 Å². The topological polar surface area (TPSA) is 63.2 Å². The molecule has 0 atom stereocenters. The summed E-state index contributed by atoms with van der Waals surface area (Å²) in [6.45, 7) is 2.03. The molecule has 0 aliphatic rings. The molecule has 0 fully saturated rings. The Hall–Kier alpha value is -2.70. The molecule has 0 unspecified atom stereocenters. The molecule has 0 bridgehead atoms. The van der Waals surface area contributed by atoms with Gasteiger partial charge in [0.2, 0.25) is 6.54 Å². The van der Waals surface area contributed by atoms with Crippen molar-refractivity contribution >= 4 is 23.7 Å². The number of carbonyl (C=O) groups is 1. The standard InChI is InChI=1S/C18H16ClN5O.ClH/c1-14-16(18(19)24(22-14)15-8-4-2-5-9-15)12-20-21-17(25)13-23-10-6-3-7-11-23;/h2-12H,13H2,1H3;1H/b20-12+;. The maximum absolute atomic E-state index is 11.9. The monoisotopic (exact) mass is 389 g/mol. The highest BCUT2D eigenvalue weighted by Crippen LogP contribution is 2.21. The SMILES string of the molecule is Cc1nn(-c2ccccc2)c(Cl)c1/C=N/NC(=O)C[n+]1ccccc1.[Cl-]. The van der Waals surface area contributed by atoms with Crippen LogP contribution < -0.4 is 22.4 Å². The number of hydrogen-bond donors (Lipinski definition) is 1. The van der Waals surface area contributed by atoms with Crippen molar-refractivity contribution in [2.45, 2.75) is 13.5 Å². The van der Waals surface area contributed by atoms with Gasteiger partial charge >= 0.3 is 5.91 Å². The molecule has 0 aliphatic carbocycles. The Bertz CT molecular complexity index is 895. The van der Waals surface area contributed by atoms with E-state index >= 15 is 0 Å². The van der Waals surface area contributed by atoms with Gasteiger partial charge in [0.15, 0.2) is 12.4 Å². The highest BCUT2D eigenvalue weighted by atomic mass is 35.5. The Balaban J connectivity index is 0.00000243. The minimum Gasteiger partial charge on any atom is -1.00 e. The Morgan fingerprint density at radius 2 is 1.88 bits per heavy atom. The lowest BCUT2D eigenvalue weighted by Gasteiger charge is -2.01. The van der Waals surface area contributed by atoms with Gasteiger partial charge in [-0.05, 0) is 19.1 Å². The zero-order valence-corrected chi connectivity index (χ0v) is 15.5. The summed E-state index contributed by atoms with van der Waals surface area (Å²) in [4.78, 5) is 11.9. The van der Waals surface area contributed by atoms with Crippen molar-refractivity contribution in [1.82, 2.24) is 15.2 Å². The molecule has 2 aromatic heterocycles. The molecule has 3 aromatic rings. The van der Waals surface area contributed by atoms with Crippen molar-refractivity contribution in [3.05, 3.63) is 77.3 Å². The van der Waals surface area contributed by atoms with Gasteiger partial charge < -0.3 is 12.4 Å². The second-order valence-electron chi connectivity index (χ2n) is 5.38. The van der Waals surface area contributed by atoms with Gasteiger partial charge in [-0.3, -0.25) is 4.79 Å². The van der Waals surface area contributed by atoms with Gasteiger partial charge in [0, 0.05) is 12.1 Å². The molecular weight excluding hydrogens is 373 g/mol. The molecule has 0 saturated carbocycles. The van der Waals surface area contributed by atoms with Crippen molar-refractivity contribution in [3.63, 3.8) is 0 Å². The number of rotatable bonds is 5. The summed E-state index contributed by atoms with van der Waals surface area (Å²) < 4.78 is 3.40. The first kappa shape index (κ1) is 19.6. The van der Waals surface area contributed by atoms with Crippen LogP contribution in [-0.2, 0) is 11.3 Å². The van der Waals surface area contributed by atoms with E-state index < -0.39 is 0 Å². The van der Waals surface area contributed by atoms with Crippen LogP contribution in [0, 0.1) is 6.92 Å². The average Bonchev–Trinajstić information content (AvgIpc) is 2.91. The summed E-state index contributed by atoms with van der Waals surface area (Å²) in [6, 6.07) is 15.2. The molecule has 1 aromatic carbocycles. The fourth-order valence-corrected chi connectivity index (χ4v) is 2.63. The van der Waals surface area contributed by atoms with Crippen LogP contribution in [0.2, 0.25) is 5.15 Å². The summed E-state index contributed by atoms with van der Waals surface area (Å²) in [7, 11) is 0. The molecule has 0 radical (unpaired) electrons. The van der Waals surface area contributed by atoms with Crippen molar-refractivity contribution in [3.8, 4) is 5.69 Å². The van der Waals surface area contributed by atoms with Crippen molar-refractivity contribution in [1.29, 1.82) is 0 Å². The zero-order valence-electron chi connectivity index (χ0n) is 14.0. The number of nitrogens with one attached hydrogen (secondary N) is 1. The van der Waals surface area contributed by atoms with Crippen LogP contribution in [0.25, 0.3) is 5.69 Å². The number of aromatic nitrogens is 3. The van der Waals surface area contributed by atoms with Crippen LogP contribution >= 0.6 is 11.6 Å². The highest BCUT2D eigenvalue weighted by molar-refractivity contribution is 6.32. The molecule has 1 N–H and O–H groups in total. The van der Waals surface area contributed by atoms with Crippen molar-refractivity contribution in [2.24, 2.45) is 5.10 Å². The van der Waals surface area contributed by atoms with Crippen LogP contribution in [-0.4, -0.2) is 21.9 Å². The summed E-state index contributed by atoms with van der Waals surface area (Å²) in [5, 5.41) is 8.86. The number of hydrazone groups is 1. The number of nitrogens with zero attached hydrogens (tertiary/aromatic N) is 4. The maximum atomic E-state index is 11.9. The predicted octanol–water partition coefficient (Wildman–Crippen LogP) is -0.724. The predicted molar refractivity (Wildman–Crippen MR) is 95.7 cm³/mol. The molecule has 8 heteroatoms. The van der Waals surface area contributed by atoms with Gasteiger partial charge in [-0.2, -0.15) is 14.8 Å². The molecule has 2 heterocycles. The molecule has 3 rings (SSSR count). The number of carbonyl (C=O) groups excluding carboxylic acids is 1. The summed E-state index contributed by atoms with van der Waals surface area (Å²) in [5.41, 5.74) is 4.75. The third kappa shape index (κ3) is 4.68. The van der Waals surface area contributed by atoms with E-state index in [4.69, 9.17) is 11.6 Å². The number of halogens is 2. The minimum atomic E-state index is -0.225. The second-order valence-corrected chi connectivity index (χ2v) is 5.74. The average molecular weight is 390 g/mol. The first-order valence-electron chi connectivity index (χ1n) is 7.71. The van der Waals surface area contributed by atoms with Crippen LogP contribution in [0.5, 0.6) is 0 Å².